The zero-order valence-electron chi connectivity index (χ0n) is 22.8. The molecule has 1 aromatic heterocycles. The summed E-state index contributed by atoms with van der Waals surface area (Å²) in [4.78, 5) is 27.6. The number of carbonyl (C=O) groups is 1. The van der Waals surface area contributed by atoms with Crippen molar-refractivity contribution in [1.82, 2.24) is 4.90 Å². The molecule has 1 aliphatic heterocycles. The molecule has 8 heteroatoms. The molecule has 1 unspecified atom stereocenters. The van der Waals surface area contributed by atoms with Gasteiger partial charge in [-0.15, -0.1) is 0 Å². The minimum Gasteiger partial charge on any atom is -0.493 e. The maximum atomic E-state index is 13.6. The number of carbonyl (C=O) groups excluding carboxylic acids is 1. The van der Waals surface area contributed by atoms with E-state index in [1.54, 1.807) is 31.3 Å². The smallest absolute Gasteiger partial charge is 0.339 e. The van der Waals surface area contributed by atoms with Crippen LogP contribution in [0.3, 0.4) is 0 Å². The number of fused-ring (bicyclic) bond motifs is 3. The van der Waals surface area contributed by atoms with Crippen molar-refractivity contribution >= 4 is 27.6 Å². The minimum absolute atomic E-state index is 0.109. The number of hydrogen-bond donors (Lipinski definition) is 0. The van der Waals surface area contributed by atoms with Crippen molar-refractivity contribution in [2.75, 3.05) is 34.0 Å². The van der Waals surface area contributed by atoms with Crippen LogP contribution in [0.15, 0.2) is 94.1 Å². The Morgan fingerprint density at radius 1 is 0.854 bits per heavy atom. The number of ether oxygens (including phenoxy) is 4. The van der Waals surface area contributed by atoms with E-state index in [-0.39, 0.29) is 19.1 Å². The van der Waals surface area contributed by atoms with E-state index in [0.717, 1.165) is 21.9 Å². The fourth-order valence-electron chi connectivity index (χ4n) is 5.36. The molecule has 4 aromatic carbocycles. The number of para-hydroxylation sites is 1. The summed E-state index contributed by atoms with van der Waals surface area (Å²) in [6, 6.07) is 25.7. The SMILES string of the molecule is COc1cc2c(cc1OC)C(COc1cc(=O)oc3ccccc13)N(C(=O)COc1ccc3ccccc3c1)CC2. The molecule has 0 spiro atoms. The predicted molar refractivity (Wildman–Crippen MR) is 155 cm³/mol. The quantitative estimate of drug-likeness (QED) is 0.234. The van der Waals surface area contributed by atoms with Gasteiger partial charge in [-0.3, -0.25) is 4.79 Å². The lowest BCUT2D eigenvalue weighted by Gasteiger charge is -2.37. The molecule has 0 N–H and O–H groups in total. The molecule has 1 aliphatic rings. The van der Waals surface area contributed by atoms with Crippen LogP contribution in [0, 0.1) is 0 Å². The van der Waals surface area contributed by atoms with Crippen molar-refractivity contribution in [1.29, 1.82) is 0 Å². The summed E-state index contributed by atoms with van der Waals surface area (Å²) in [5.41, 5.74) is 1.85. The van der Waals surface area contributed by atoms with Crippen LogP contribution in [0.4, 0.5) is 0 Å². The molecule has 0 fully saturated rings. The molecule has 0 aliphatic carbocycles. The number of rotatable bonds is 8. The predicted octanol–water partition coefficient (Wildman–Crippen LogP) is 5.55. The maximum Gasteiger partial charge on any atom is 0.339 e. The third-order valence-corrected chi connectivity index (χ3v) is 7.41. The van der Waals surface area contributed by atoms with Gasteiger partial charge in [0.25, 0.3) is 5.91 Å². The van der Waals surface area contributed by atoms with Crippen molar-refractivity contribution in [3.63, 3.8) is 0 Å². The van der Waals surface area contributed by atoms with Gasteiger partial charge in [0.1, 0.15) is 23.7 Å². The Bertz CT molecular complexity index is 1790. The molecule has 0 saturated carbocycles. The minimum atomic E-state index is -0.508. The van der Waals surface area contributed by atoms with Crippen molar-refractivity contribution in [2.45, 2.75) is 12.5 Å². The number of methoxy groups -OCH3 is 2. The largest absolute Gasteiger partial charge is 0.493 e. The zero-order valence-corrected chi connectivity index (χ0v) is 22.8. The van der Waals surface area contributed by atoms with Crippen molar-refractivity contribution in [2.24, 2.45) is 0 Å². The Morgan fingerprint density at radius 2 is 1.61 bits per heavy atom. The number of nitrogens with zero attached hydrogens (tertiary/aromatic N) is 1. The second-order valence-electron chi connectivity index (χ2n) is 9.79. The van der Waals surface area contributed by atoms with E-state index in [2.05, 4.69) is 0 Å². The Labute approximate surface area is 236 Å². The van der Waals surface area contributed by atoms with Gasteiger partial charge in [0.2, 0.25) is 0 Å². The van der Waals surface area contributed by atoms with Gasteiger partial charge in [0.15, 0.2) is 18.1 Å². The summed E-state index contributed by atoms with van der Waals surface area (Å²) in [6.07, 6.45) is 0.631. The summed E-state index contributed by atoms with van der Waals surface area (Å²) in [5.74, 6) is 2.02. The van der Waals surface area contributed by atoms with E-state index < -0.39 is 11.7 Å². The van der Waals surface area contributed by atoms with Gasteiger partial charge in [-0.2, -0.15) is 0 Å². The summed E-state index contributed by atoms with van der Waals surface area (Å²) in [5, 5.41) is 2.81. The molecule has 0 saturated heterocycles. The normalized spacial score (nSPS) is 14.5. The molecular formula is C33H29NO7. The number of amides is 1. The Hall–Kier alpha value is -4.98. The highest BCUT2D eigenvalue weighted by Gasteiger charge is 2.33. The van der Waals surface area contributed by atoms with E-state index in [1.807, 2.05) is 66.7 Å². The lowest BCUT2D eigenvalue weighted by atomic mass is 9.92. The van der Waals surface area contributed by atoms with Crippen LogP contribution in [0.5, 0.6) is 23.0 Å². The first kappa shape index (κ1) is 26.3. The van der Waals surface area contributed by atoms with Crippen LogP contribution in [0.25, 0.3) is 21.7 Å². The number of benzene rings is 4. The molecule has 208 valence electrons. The lowest BCUT2D eigenvalue weighted by Crippen LogP contribution is -2.44. The second-order valence-corrected chi connectivity index (χ2v) is 9.79. The van der Waals surface area contributed by atoms with Crippen LogP contribution < -0.4 is 24.6 Å². The van der Waals surface area contributed by atoms with Gasteiger partial charge in [-0.1, -0.05) is 42.5 Å². The molecule has 1 amide bonds. The van der Waals surface area contributed by atoms with Gasteiger partial charge in [0.05, 0.1) is 31.7 Å². The third-order valence-electron chi connectivity index (χ3n) is 7.41. The summed E-state index contributed by atoms with van der Waals surface area (Å²) in [7, 11) is 3.17. The van der Waals surface area contributed by atoms with E-state index in [0.29, 0.717) is 46.9 Å². The van der Waals surface area contributed by atoms with Gasteiger partial charge in [-0.25, -0.2) is 4.79 Å². The highest BCUT2D eigenvalue weighted by atomic mass is 16.5. The Kier molecular flexibility index (Phi) is 7.20. The molecule has 2 heterocycles. The lowest BCUT2D eigenvalue weighted by molar-refractivity contribution is -0.137. The van der Waals surface area contributed by atoms with E-state index >= 15 is 0 Å². The second kappa shape index (κ2) is 11.3. The van der Waals surface area contributed by atoms with Crippen molar-refractivity contribution in [3.8, 4) is 23.0 Å². The topological polar surface area (TPSA) is 87.4 Å². The first-order valence-electron chi connectivity index (χ1n) is 13.4. The molecule has 6 rings (SSSR count). The highest BCUT2D eigenvalue weighted by molar-refractivity contribution is 5.84. The molecule has 0 bridgehead atoms. The Morgan fingerprint density at radius 3 is 2.44 bits per heavy atom. The molecule has 0 radical (unpaired) electrons. The molecular weight excluding hydrogens is 522 g/mol. The van der Waals surface area contributed by atoms with Crippen molar-refractivity contribution < 1.29 is 28.2 Å². The van der Waals surface area contributed by atoms with E-state index in [1.165, 1.54) is 6.07 Å². The number of hydrogen-bond acceptors (Lipinski definition) is 7. The average molecular weight is 552 g/mol. The zero-order chi connectivity index (χ0) is 28.3. The molecule has 41 heavy (non-hydrogen) atoms. The highest BCUT2D eigenvalue weighted by Crippen LogP contribution is 2.39. The van der Waals surface area contributed by atoms with Gasteiger partial charge >= 0.3 is 5.63 Å². The third kappa shape index (κ3) is 5.28. The van der Waals surface area contributed by atoms with Gasteiger partial charge in [0, 0.05) is 6.54 Å². The summed E-state index contributed by atoms with van der Waals surface area (Å²) in [6.45, 7) is 0.445. The fourth-order valence-corrected chi connectivity index (χ4v) is 5.36. The van der Waals surface area contributed by atoms with Gasteiger partial charge in [-0.05, 0) is 64.7 Å². The molecule has 8 nitrogen and oxygen atoms in total. The van der Waals surface area contributed by atoms with Crippen LogP contribution in [-0.2, 0) is 11.2 Å². The average Bonchev–Trinajstić information content (AvgIpc) is 3.01. The van der Waals surface area contributed by atoms with Crippen LogP contribution in [0.2, 0.25) is 0 Å². The van der Waals surface area contributed by atoms with Crippen LogP contribution in [0.1, 0.15) is 17.2 Å². The van der Waals surface area contributed by atoms with Crippen LogP contribution >= 0.6 is 0 Å². The van der Waals surface area contributed by atoms with Crippen molar-refractivity contribution in [3.05, 3.63) is 106 Å². The Balaban J connectivity index is 1.29. The fraction of sp³-hybridized carbons (Fsp3) is 0.212. The first-order chi connectivity index (χ1) is 20.0. The monoisotopic (exact) mass is 551 g/mol. The maximum absolute atomic E-state index is 13.6. The molecule has 5 aromatic rings. The van der Waals surface area contributed by atoms with E-state index in [4.69, 9.17) is 23.4 Å². The summed E-state index contributed by atoms with van der Waals surface area (Å²) < 4.78 is 28.6. The van der Waals surface area contributed by atoms with Crippen LogP contribution in [-0.4, -0.2) is 44.8 Å². The molecule has 1 atom stereocenters. The summed E-state index contributed by atoms with van der Waals surface area (Å²) >= 11 is 0. The van der Waals surface area contributed by atoms with Gasteiger partial charge < -0.3 is 28.3 Å². The standard InChI is InChI=1S/C33H29NO7/c1-37-30-16-23-13-14-34(32(35)20-39-24-12-11-21-7-3-4-8-22(21)15-24)27(26(23)17-31(30)38-2)19-40-29-18-33(36)41-28-10-6-5-9-25(28)29/h3-12,15-18,27H,13-14,19-20H2,1-2H3. The first-order valence-corrected chi connectivity index (χ1v) is 13.4. The van der Waals surface area contributed by atoms with E-state index in [9.17, 15) is 9.59 Å².